The van der Waals surface area contributed by atoms with Gasteiger partial charge in [0.2, 0.25) is 5.91 Å². The molecule has 0 spiro atoms. The van der Waals surface area contributed by atoms with Gasteiger partial charge in [0, 0.05) is 32.1 Å². The van der Waals surface area contributed by atoms with E-state index in [4.69, 9.17) is 10.8 Å². The van der Waals surface area contributed by atoms with E-state index in [0.29, 0.717) is 6.54 Å². The Kier molecular flexibility index (Phi) is 5.75. The van der Waals surface area contributed by atoms with Crippen LogP contribution in [-0.2, 0) is 9.59 Å². The topological polar surface area (TPSA) is 116 Å². The summed E-state index contributed by atoms with van der Waals surface area (Å²) in [6.07, 6.45) is -0.0753. The van der Waals surface area contributed by atoms with Gasteiger partial charge in [-0.3, -0.25) is 4.79 Å². The van der Waals surface area contributed by atoms with Gasteiger partial charge in [0.1, 0.15) is 6.04 Å². The van der Waals surface area contributed by atoms with E-state index in [1.54, 1.807) is 4.90 Å². The molecule has 8 nitrogen and oxygen atoms in total. The summed E-state index contributed by atoms with van der Waals surface area (Å²) in [7, 11) is 1.97. The van der Waals surface area contributed by atoms with Crippen molar-refractivity contribution >= 4 is 17.9 Å². The highest BCUT2D eigenvalue weighted by Crippen LogP contribution is 2.09. The molecule has 0 aliphatic carbocycles. The number of piperazine rings is 1. The number of urea groups is 1. The van der Waals surface area contributed by atoms with Crippen LogP contribution in [0.25, 0.3) is 0 Å². The maximum atomic E-state index is 12.1. The van der Waals surface area contributed by atoms with Gasteiger partial charge in [0.25, 0.3) is 0 Å². The summed E-state index contributed by atoms with van der Waals surface area (Å²) >= 11 is 0. The molecule has 0 aromatic carbocycles. The van der Waals surface area contributed by atoms with Crippen LogP contribution in [0.15, 0.2) is 0 Å². The standard InChI is InChI=1S/C12H22N4O4/c1-8-7-15(2)5-6-16(8)12(20)14-9(11(18)19)3-4-10(13)17/h8-9H,3-7H2,1-2H3,(H2,13,17)(H,14,20)(H,18,19)/t8?,9-/m1/s1. The van der Waals surface area contributed by atoms with Crippen LogP contribution < -0.4 is 11.1 Å². The summed E-state index contributed by atoms with van der Waals surface area (Å²) in [6.45, 7) is 3.95. The number of likely N-dealkylation sites (N-methyl/N-ethyl adjacent to an activating group) is 1. The molecule has 0 aromatic heterocycles. The molecule has 1 fully saturated rings. The maximum absolute atomic E-state index is 12.1. The number of carbonyl (C=O) groups is 3. The minimum atomic E-state index is -1.17. The molecule has 20 heavy (non-hydrogen) atoms. The number of hydrogen-bond acceptors (Lipinski definition) is 4. The molecule has 114 valence electrons. The largest absolute Gasteiger partial charge is 0.480 e. The second-order valence-corrected chi connectivity index (χ2v) is 5.15. The van der Waals surface area contributed by atoms with Gasteiger partial charge in [-0.1, -0.05) is 0 Å². The summed E-state index contributed by atoms with van der Waals surface area (Å²) in [5.41, 5.74) is 4.99. The molecule has 1 heterocycles. The lowest BCUT2D eigenvalue weighted by Crippen LogP contribution is -2.57. The Hall–Kier alpha value is -1.83. The predicted molar refractivity (Wildman–Crippen MR) is 72.0 cm³/mol. The van der Waals surface area contributed by atoms with Crippen molar-refractivity contribution in [3.63, 3.8) is 0 Å². The minimum Gasteiger partial charge on any atom is -0.480 e. The number of carboxylic acids is 1. The van der Waals surface area contributed by atoms with Crippen LogP contribution in [0.5, 0.6) is 0 Å². The van der Waals surface area contributed by atoms with Gasteiger partial charge in [-0.25, -0.2) is 9.59 Å². The van der Waals surface area contributed by atoms with Gasteiger partial charge < -0.3 is 26.0 Å². The Morgan fingerprint density at radius 1 is 1.40 bits per heavy atom. The highest BCUT2D eigenvalue weighted by Gasteiger charge is 2.29. The first-order chi connectivity index (χ1) is 9.31. The number of nitrogens with zero attached hydrogens (tertiary/aromatic N) is 2. The van der Waals surface area contributed by atoms with Crippen LogP contribution in [0, 0.1) is 0 Å². The summed E-state index contributed by atoms with van der Waals surface area (Å²) in [6, 6.07) is -1.50. The smallest absolute Gasteiger partial charge is 0.326 e. The van der Waals surface area contributed by atoms with Crippen molar-refractivity contribution in [3.8, 4) is 0 Å². The summed E-state index contributed by atoms with van der Waals surface area (Å²) in [4.78, 5) is 37.6. The zero-order valence-corrected chi connectivity index (χ0v) is 11.8. The first kappa shape index (κ1) is 16.2. The van der Waals surface area contributed by atoms with E-state index >= 15 is 0 Å². The van der Waals surface area contributed by atoms with E-state index in [-0.39, 0.29) is 18.9 Å². The van der Waals surface area contributed by atoms with Crippen molar-refractivity contribution in [2.75, 3.05) is 26.7 Å². The zero-order chi connectivity index (χ0) is 15.3. The van der Waals surface area contributed by atoms with Gasteiger partial charge in [-0.05, 0) is 20.4 Å². The minimum absolute atomic E-state index is 0.00146. The van der Waals surface area contributed by atoms with E-state index < -0.39 is 23.9 Å². The fraction of sp³-hybridized carbons (Fsp3) is 0.750. The second kappa shape index (κ2) is 7.09. The Bertz CT molecular complexity index is 388. The first-order valence-electron chi connectivity index (χ1n) is 6.58. The Morgan fingerprint density at radius 2 is 2.05 bits per heavy atom. The summed E-state index contributed by atoms with van der Waals surface area (Å²) in [5.74, 6) is -1.75. The number of rotatable bonds is 5. The molecular weight excluding hydrogens is 264 g/mol. The van der Waals surface area contributed by atoms with E-state index in [1.165, 1.54) is 0 Å². The number of nitrogens with two attached hydrogens (primary N) is 1. The molecule has 1 saturated heterocycles. The average molecular weight is 286 g/mol. The van der Waals surface area contributed by atoms with Crippen LogP contribution in [-0.4, -0.2) is 71.6 Å². The monoisotopic (exact) mass is 286 g/mol. The van der Waals surface area contributed by atoms with Crippen molar-refractivity contribution in [1.29, 1.82) is 0 Å². The van der Waals surface area contributed by atoms with Gasteiger partial charge in [0.15, 0.2) is 0 Å². The third-order valence-corrected chi connectivity index (χ3v) is 3.37. The highest BCUT2D eigenvalue weighted by atomic mass is 16.4. The molecule has 8 heteroatoms. The molecule has 1 unspecified atom stereocenters. The third-order valence-electron chi connectivity index (χ3n) is 3.37. The zero-order valence-electron chi connectivity index (χ0n) is 11.8. The number of carboxylic acid groups (broad SMARTS) is 1. The van der Waals surface area contributed by atoms with E-state index in [0.717, 1.165) is 13.1 Å². The molecule has 1 aliphatic rings. The lowest BCUT2D eigenvalue weighted by molar-refractivity contribution is -0.139. The Morgan fingerprint density at radius 3 is 2.55 bits per heavy atom. The fourth-order valence-corrected chi connectivity index (χ4v) is 2.22. The van der Waals surface area contributed by atoms with Crippen LogP contribution in [0.1, 0.15) is 19.8 Å². The molecule has 0 aromatic rings. The van der Waals surface area contributed by atoms with Gasteiger partial charge in [0.05, 0.1) is 0 Å². The molecule has 2 atom stereocenters. The molecule has 0 bridgehead atoms. The van der Waals surface area contributed by atoms with Crippen molar-refractivity contribution < 1.29 is 19.5 Å². The molecule has 1 aliphatic heterocycles. The van der Waals surface area contributed by atoms with E-state index in [9.17, 15) is 14.4 Å². The van der Waals surface area contributed by atoms with Crippen LogP contribution in [0.2, 0.25) is 0 Å². The number of nitrogens with one attached hydrogen (secondary N) is 1. The van der Waals surface area contributed by atoms with E-state index in [2.05, 4.69) is 10.2 Å². The van der Waals surface area contributed by atoms with Crippen molar-refractivity contribution in [2.45, 2.75) is 31.8 Å². The predicted octanol–water partition coefficient (Wildman–Crippen LogP) is -0.949. The van der Waals surface area contributed by atoms with Gasteiger partial charge >= 0.3 is 12.0 Å². The third kappa shape index (κ3) is 4.69. The second-order valence-electron chi connectivity index (χ2n) is 5.15. The Labute approximate surface area is 117 Å². The van der Waals surface area contributed by atoms with Crippen LogP contribution in [0.4, 0.5) is 4.79 Å². The molecule has 0 saturated carbocycles. The number of carbonyl (C=O) groups excluding carboxylic acids is 2. The van der Waals surface area contributed by atoms with Crippen molar-refractivity contribution in [1.82, 2.24) is 15.1 Å². The van der Waals surface area contributed by atoms with Gasteiger partial charge in [-0.2, -0.15) is 0 Å². The quantitative estimate of drug-likeness (QED) is 0.602. The summed E-state index contributed by atoms with van der Waals surface area (Å²) < 4.78 is 0. The number of aliphatic carboxylic acids is 1. The van der Waals surface area contributed by atoms with Gasteiger partial charge in [-0.15, -0.1) is 0 Å². The fourth-order valence-electron chi connectivity index (χ4n) is 2.22. The SMILES string of the molecule is CC1CN(C)CCN1C(=O)N[C@H](CCC(N)=O)C(=O)O. The number of hydrogen-bond donors (Lipinski definition) is 3. The number of amides is 3. The normalized spacial score (nSPS) is 21.3. The summed E-state index contributed by atoms with van der Waals surface area (Å²) in [5, 5.41) is 11.5. The maximum Gasteiger partial charge on any atom is 0.326 e. The van der Waals surface area contributed by atoms with Crippen LogP contribution in [0.3, 0.4) is 0 Å². The average Bonchev–Trinajstić information content (AvgIpc) is 2.33. The molecule has 0 radical (unpaired) electrons. The van der Waals surface area contributed by atoms with Crippen LogP contribution >= 0.6 is 0 Å². The molecule has 1 rings (SSSR count). The molecular formula is C12H22N4O4. The van der Waals surface area contributed by atoms with Crippen molar-refractivity contribution in [2.24, 2.45) is 5.73 Å². The Balaban J connectivity index is 2.57. The molecule has 4 N–H and O–H groups in total. The van der Waals surface area contributed by atoms with Crippen molar-refractivity contribution in [3.05, 3.63) is 0 Å². The van der Waals surface area contributed by atoms with E-state index in [1.807, 2.05) is 14.0 Å². The number of primary amides is 1. The molecule has 3 amide bonds. The first-order valence-corrected chi connectivity index (χ1v) is 6.58. The lowest BCUT2D eigenvalue weighted by Gasteiger charge is -2.38. The highest BCUT2D eigenvalue weighted by molar-refractivity contribution is 5.83. The lowest BCUT2D eigenvalue weighted by atomic mass is 10.1.